The first-order chi connectivity index (χ1) is 8.19. The largest absolute Gasteiger partial charge is 0.457 e. The summed E-state index contributed by atoms with van der Waals surface area (Å²) >= 11 is 0. The zero-order valence-electron chi connectivity index (χ0n) is 9.47. The first-order valence-electron chi connectivity index (χ1n) is 5.15. The Morgan fingerprint density at radius 3 is 2.53 bits per heavy atom. The maximum atomic E-state index is 5.84. The standard InChI is InChI=1S/C12H14N4O/c1-15-11-3-2-8(6-10(11)13)17-9-4-5-16-12(14)7-9/h2-7,15H,13H2,1H3,(H2,14,16). The molecule has 1 aromatic carbocycles. The van der Waals surface area contributed by atoms with E-state index in [1.54, 1.807) is 24.4 Å². The average molecular weight is 230 g/mol. The third-order valence-electron chi connectivity index (χ3n) is 2.28. The van der Waals surface area contributed by atoms with Gasteiger partial charge in [-0.25, -0.2) is 4.98 Å². The van der Waals surface area contributed by atoms with E-state index in [4.69, 9.17) is 16.2 Å². The molecule has 0 aliphatic carbocycles. The number of aromatic nitrogens is 1. The molecule has 2 aromatic rings. The highest BCUT2D eigenvalue weighted by Crippen LogP contribution is 2.27. The van der Waals surface area contributed by atoms with Crippen LogP contribution in [0.1, 0.15) is 0 Å². The van der Waals surface area contributed by atoms with Gasteiger partial charge in [-0.15, -0.1) is 0 Å². The van der Waals surface area contributed by atoms with E-state index in [1.807, 2.05) is 19.2 Å². The van der Waals surface area contributed by atoms with E-state index in [2.05, 4.69) is 10.3 Å². The van der Waals surface area contributed by atoms with E-state index in [9.17, 15) is 0 Å². The van der Waals surface area contributed by atoms with Crippen LogP contribution in [0, 0.1) is 0 Å². The van der Waals surface area contributed by atoms with Crippen LogP contribution in [0.3, 0.4) is 0 Å². The number of hydrogen-bond acceptors (Lipinski definition) is 5. The molecule has 0 unspecified atom stereocenters. The molecule has 1 heterocycles. The number of anilines is 3. The molecule has 5 nitrogen and oxygen atoms in total. The molecule has 88 valence electrons. The van der Waals surface area contributed by atoms with Gasteiger partial charge in [-0.05, 0) is 18.2 Å². The number of nitrogen functional groups attached to an aromatic ring is 2. The summed E-state index contributed by atoms with van der Waals surface area (Å²) in [5.74, 6) is 1.71. The van der Waals surface area contributed by atoms with Crippen LogP contribution in [-0.4, -0.2) is 12.0 Å². The highest BCUT2D eigenvalue weighted by atomic mass is 16.5. The lowest BCUT2D eigenvalue weighted by atomic mass is 10.2. The van der Waals surface area contributed by atoms with Gasteiger partial charge in [0.15, 0.2) is 0 Å². The first kappa shape index (κ1) is 11.1. The van der Waals surface area contributed by atoms with Crippen LogP contribution in [0.25, 0.3) is 0 Å². The van der Waals surface area contributed by atoms with Crippen molar-refractivity contribution in [2.24, 2.45) is 0 Å². The van der Waals surface area contributed by atoms with Crippen molar-refractivity contribution in [2.75, 3.05) is 23.8 Å². The fraction of sp³-hybridized carbons (Fsp3) is 0.0833. The van der Waals surface area contributed by atoms with Crippen LogP contribution in [0.5, 0.6) is 11.5 Å². The molecule has 2 rings (SSSR count). The lowest BCUT2D eigenvalue weighted by Gasteiger charge is -2.09. The Hall–Kier alpha value is -2.43. The van der Waals surface area contributed by atoms with Crippen LogP contribution in [0.15, 0.2) is 36.5 Å². The molecule has 5 heteroatoms. The maximum Gasteiger partial charge on any atom is 0.132 e. The quantitative estimate of drug-likeness (QED) is 0.703. The van der Waals surface area contributed by atoms with Gasteiger partial charge < -0.3 is 21.5 Å². The summed E-state index contributed by atoms with van der Waals surface area (Å²) in [7, 11) is 1.82. The lowest BCUT2D eigenvalue weighted by Crippen LogP contribution is -1.96. The zero-order valence-corrected chi connectivity index (χ0v) is 9.47. The van der Waals surface area contributed by atoms with Crippen molar-refractivity contribution in [3.8, 4) is 11.5 Å². The molecule has 0 atom stereocenters. The highest BCUT2D eigenvalue weighted by molar-refractivity contribution is 5.68. The molecule has 17 heavy (non-hydrogen) atoms. The van der Waals surface area contributed by atoms with E-state index in [1.165, 1.54) is 0 Å². The molecule has 0 spiro atoms. The third-order valence-corrected chi connectivity index (χ3v) is 2.28. The molecule has 0 radical (unpaired) electrons. The Morgan fingerprint density at radius 1 is 1.12 bits per heavy atom. The van der Waals surface area contributed by atoms with Gasteiger partial charge in [0.05, 0.1) is 11.4 Å². The minimum absolute atomic E-state index is 0.419. The Labute approximate surface area is 99.4 Å². The third kappa shape index (κ3) is 2.57. The molecule has 0 bridgehead atoms. The molecular formula is C12H14N4O. The Balaban J connectivity index is 2.22. The van der Waals surface area contributed by atoms with E-state index in [0.29, 0.717) is 23.0 Å². The van der Waals surface area contributed by atoms with Crippen LogP contribution in [0.4, 0.5) is 17.2 Å². The summed E-state index contributed by atoms with van der Waals surface area (Å²) in [5.41, 5.74) is 12.9. The van der Waals surface area contributed by atoms with E-state index < -0.39 is 0 Å². The second-order valence-electron chi connectivity index (χ2n) is 3.52. The number of rotatable bonds is 3. The van der Waals surface area contributed by atoms with Crippen LogP contribution < -0.4 is 21.5 Å². The Kier molecular flexibility index (Phi) is 3.00. The summed E-state index contributed by atoms with van der Waals surface area (Å²) in [6, 6.07) is 8.83. The second-order valence-corrected chi connectivity index (χ2v) is 3.52. The van der Waals surface area contributed by atoms with Crippen LogP contribution in [-0.2, 0) is 0 Å². The summed E-state index contributed by atoms with van der Waals surface area (Å²) in [5, 5.41) is 2.98. The summed E-state index contributed by atoms with van der Waals surface area (Å²) in [4.78, 5) is 3.89. The summed E-state index contributed by atoms with van der Waals surface area (Å²) in [6.45, 7) is 0. The Bertz CT molecular complexity index is 528. The number of benzene rings is 1. The van der Waals surface area contributed by atoms with Gasteiger partial charge in [-0.1, -0.05) is 0 Å². The SMILES string of the molecule is CNc1ccc(Oc2ccnc(N)c2)cc1N. The minimum Gasteiger partial charge on any atom is -0.457 e. The number of nitrogens with two attached hydrogens (primary N) is 2. The van der Waals surface area contributed by atoms with Crippen LogP contribution >= 0.6 is 0 Å². The maximum absolute atomic E-state index is 5.84. The van der Waals surface area contributed by atoms with E-state index >= 15 is 0 Å². The van der Waals surface area contributed by atoms with Gasteiger partial charge in [-0.2, -0.15) is 0 Å². The molecule has 5 N–H and O–H groups in total. The Morgan fingerprint density at radius 2 is 1.88 bits per heavy atom. The van der Waals surface area contributed by atoms with Crippen molar-refractivity contribution < 1.29 is 4.74 Å². The minimum atomic E-state index is 0.419. The fourth-order valence-corrected chi connectivity index (χ4v) is 1.46. The molecule has 0 saturated carbocycles. The number of ether oxygens (including phenoxy) is 1. The first-order valence-corrected chi connectivity index (χ1v) is 5.15. The summed E-state index contributed by atoms with van der Waals surface area (Å²) < 4.78 is 5.61. The molecule has 0 aliphatic heterocycles. The van der Waals surface area contributed by atoms with Gasteiger partial charge in [0.25, 0.3) is 0 Å². The monoisotopic (exact) mass is 230 g/mol. The van der Waals surface area contributed by atoms with Crippen molar-refractivity contribution in [2.45, 2.75) is 0 Å². The molecule has 0 amide bonds. The average Bonchev–Trinajstić information content (AvgIpc) is 2.29. The van der Waals surface area contributed by atoms with Gasteiger partial charge in [0.1, 0.15) is 17.3 Å². The van der Waals surface area contributed by atoms with Gasteiger partial charge in [0, 0.05) is 25.4 Å². The molecule has 0 saturated heterocycles. The predicted octanol–water partition coefficient (Wildman–Crippen LogP) is 2.08. The molecule has 0 aliphatic rings. The van der Waals surface area contributed by atoms with Crippen molar-refractivity contribution in [1.29, 1.82) is 0 Å². The number of hydrogen-bond donors (Lipinski definition) is 3. The second kappa shape index (κ2) is 4.61. The molecular weight excluding hydrogens is 216 g/mol. The number of pyridine rings is 1. The van der Waals surface area contributed by atoms with Crippen LogP contribution in [0.2, 0.25) is 0 Å². The van der Waals surface area contributed by atoms with Gasteiger partial charge in [0.2, 0.25) is 0 Å². The highest BCUT2D eigenvalue weighted by Gasteiger charge is 2.02. The van der Waals surface area contributed by atoms with E-state index in [0.717, 1.165) is 5.69 Å². The van der Waals surface area contributed by atoms with Crippen molar-refractivity contribution >= 4 is 17.2 Å². The number of nitrogens with one attached hydrogen (secondary N) is 1. The van der Waals surface area contributed by atoms with Crippen molar-refractivity contribution in [1.82, 2.24) is 4.98 Å². The van der Waals surface area contributed by atoms with Gasteiger partial charge in [-0.3, -0.25) is 0 Å². The molecule has 0 fully saturated rings. The zero-order chi connectivity index (χ0) is 12.3. The molecule has 1 aromatic heterocycles. The van der Waals surface area contributed by atoms with E-state index in [-0.39, 0.29) is 0 Å². The number of nitrogens with zero attached hydrogens (tertiary/aromatic N) is 1. The topological polar surface area (TPSA) is 86.2 Å². The summed E-state index contributed by atoms with van der Waals surface area (Å²) in [6.07, 6.45) is 1.59. The van der Waals surface area contributed by atoms with Gasteiger partial charge >= 0.3 is 0 Å². The van der Waals surface area contributed by atoms with Crippen molar-refractivity contribution in [3.05, 3.63) is 36.5 Å². The van der Waals surface area contributed by atoms with Crippen molar-refractivity contribution in [3.63, 3.8) is 0 Å². The normalized spacial score (nSPS) is 9.94. The smallest absolute Gasteiger partial charge is 0.132 e. The predicted molar refractivity (Wildman–Crippen MR) is 69.1 cm³/mol. The fourth-order valence-electron chi connectivity index (χ4n) is 1.46. The lowest BCUT2D eigenvalue weighted by molar-refractivity contribution is 0.482.